The second-order valence-corrected chi connectivity index (χ2v) is 21.7. The van der Waals surface area contributed by atoms with E-state index in [0.717, 1.165) is 0 Å². The second kappa shape index (κ2) is 4.25. The van der Waals surface area contributed by atoms with Crippen LogP contribution in [0.3, 0.4) is 0 Å². The van der Waals surface area contributed by atoms with Crippen molar-refractivity contribution in [1.29, 1.82) is 0 Å². The molecule has 0 aromatic carbocycles. The van der Waals surface area contributed by atoms with Crippen LogP contribution in [0.1, 0.15) is 0 Å². The topological polar surface area (TPSA) is 0 Å². The van der Waals surface area contributed by atoms with Gasteiger partial charge in [-0.2, -0.15) is 0 Å². The van der Waals surface area contributed by atoms with Gasteiger partial charge in [-0.25, -0.2) is 0 Å². The molecule has 0 bridgehead atoms. The van der Waals surface area contributed by atoms with E-state index in [9.17, 15) is 0 Å². The van der Waals surface area contributed by atoms with Gasteiger partial charge in [-0.15, -0.1) is 0 Å². The third kappa shape index (κ3) is 32.9. The zero-order valence-electron chi connectivity index (χ0n) is 2.34. The molecule has 0 aliphatic heterocycles. The molecule has 0 unspecified atom stereocenters. The minimum absolute atomic E-state index is 0. The summed E-state index contributed by atoms with van der Waals surface area (Å²) in [7, 11) is 15.2. The molecule has 1 radical (unpaired) electrons. The van der Waals surface area contributed by atoms with Crippen molar-refractivity contribution in [3.05, 3.63) is 0 Å². The Morgan fingerprint density at radius 2 is 1.17 bits per heavy atom. The molecule has 41 valence electrons. The van der Waals surface area contributed by atoms with Crippen molar-refractivity contribution in [2.75, 3.05) is 0 Å². The standard InChI is InChI=1S/Cu.Mo.4S/q+2;;;;2*-1. The summed E-state index contributed by atoms with van der Waals surface area (Å²) in [5, 5.41) is 0. The van der Waals surface area contributed by atoms with E-state index >= 15 is 0 Å². The van der Waals surface area contributed by atoms with Gasteiger partial charge < -0.3 is 0 Å². The SMILES string of the molecule is [Cu+2].[S]=[Mo](=[S])([S-])[S-]. The van der Waals surface area contributed by atoms with Crippen LogP contribution in [-0.2, 0) is 47.6 Å². The Kier molecular flexibility index (Phi) is 7.92. The number of rotatable bonds is 0. The van der Waals surface area contributed by atoms with Crippen LogP contribution in [0.2, 0.25) is 0 Å². The van der Waals surface area contributed by atoms with E-state index in [1.807, 2.05) is 0 Å². The van der Waals surface area contributed by atoms with E-state index in [1.165, 1.54) is 0 Å². The fraction of sp³-hybridized carbons (Fsp3) is 0. The molecule has 0 aromatic heterocycles. The van der Waals surface area contributed by atoms with Crippen molar-refractivity contribution in [2.24, 2.45) is 0 Å². The van der Waals surface area contributed by atoms with Crippen LogP contribution >= 0.6 is 19.6 Å². The van der Waals surface area contributed by atoms with Crippen molar-refractivity contribution in [2.45, 2.75) is 0 Å². The Balaban J connectivity index is 0. The third-order valence-corrected chi connectivity index (χ3v) is 0. The maximum absolute atomic E-state index is 4.46. The molecular formula is CuMoS4. The van der Waals surface area contributed by atoms with Crippen LogP contribution in [0.15, 0.2) is 0 Å². The molecule has 6 heteroatoms. The Morgan fingerprint density at radius 3 is 1.17 bits per heavy atom. The molecule has 0 fully saturated rings. The molecule has 0 amide bonds. The third-order valence-electron chi connectivity index (χ3n) is 0. The van der Waals surface area contributed by atoms with Gasteiger partial charge in [0.25, 0.3) is 0 Å². The van der Waals surface area contributed by atoms with Gasteiger partial charge in [0.05, 0.1) is 0 Å². The van der Waals surface area contributed by atoms with Gasteiger partial charge in [-0.05, 0) is 0 Å². The van der Waals surface area contributed by atoms with Gasteiger partial charge in [0.2, 0.25) is 0 Å². The molecule has 0 spiro atoms. The predicted molar refractivity (Wildman–Crippen MR) is 29.9 cm³/mol. The molecule has 0 saturated carbocycles. The summed E-state index contributed by atoms with van der Waals surface area (Å²) >= 11 is 0. The van der Waals surface area contributed by atoms with Gasteiger partial charge in [-0.1, -0.05) is 0 Å². The zero-order chi connectivity index (χ0) is 4.50. The van der Waals surface area contributed by atoms with Crippen molar-refractivity contribution >= 4 is 40.3 Å². The van der Waals surface area contributed by atoms with Crippen LogP contribution in [0, 0.1) is 0 Å². The first kappa shape index (κ1) is 11.2. The molecule has 0 aliphatic rings. The van der Waals surface area contributed by atoms with Crippen molar-refractivity contribution in [3.8, 4) is 0 Å². The van der Waals surface area contributed by atoms with E-state index in [0.29, 0.717) is 0 Å². The average Bonchev–Trinajstić information content (AvgIpc) is 0.722. The molecule has 6 heavy (non-hydrogen) atoms. The molecule has 0 rings (SSSR count). The van der Waals surface area contributed by atoms with Crippen LogP contribution in [0.5, 0.6) is 0 Å². The Hall–Kier alpha value is 2.35. The molecule has 0 heterocycles. The summed E-state index contributed by atoms with van der Waals surface area (Å²) in [4.78, 5) is 0. The molecule has 0 atom stereocenters. The summed E-state index contributed by atoms with van der Waals surface area (Å²) in [5.74, 6) is 0. The molecular weight excluding hydrogens is 288 g/mol. The summed E-state index contributed by atoms with van der Waals surface area (Å²) in [5.41, 5.74) is 0. The second-order valence-electron chi connectivity index (χ2n) is 0.408. The van der Waals surface area contributed by atoms with E-state index in [4.69, 9.17) is 0 Å². The van der Waals surface area contributed by atoms with E-state index in [2.05, 4.69) is 40.3 Å². The molecule has 0 saturated heterocycles. The molecule has 0 aromatic rings. The van der Waals surface area contributed by atoms with Gasteiger partial charge in [-0.3, -0.25) is 0 Å². The van der Waals surface area contributed by atoms with Crippen LogP contribution < -0.4 is 0 Å². The minimum atomic E-state index is -2.69. The van der Waals surface area contributed by atoms with Crippen molar-refractivity contribution < 1.29 is 26.9 Å². The summed E-state index contributed by atoms with van der Waals surface area (Å²) in [6.45, 7) is 0. The molecule has 0 N–H and O–H groups in total. The van der Waals surface area contributed by atoms with Gasteiger partial charge in [0, 0.05) is 0 Å². The van der Waals surface area contributed by atoms with Crippen LogP contribution in [-0.4, -0.2) is 0 Å². The van der Waals surface area contributed by atoms with E-state index in [-0.39, 0.29) is 17.1 Å². The van der Waals surface area contributed by atoms with Crippen molar-refractivity contribution in [3.63, 3.8) is 0 Å². The van der Waals surface area contributed by atoms with Gasteiger partial charge in [0.15, 0.2) is 0 Å². The van der Waals surface area contributed by atoms with Gasteiger partial charge in [0.1, 0.15) is 0 Å². The zero-order valence-corrected chi connectivity index (χ0v) is 8.56. The number of hydrogen-bond donors (Lipinski definition) is 0. The van der Waals surface area contributed by atoms with Crippen LogP contribution in [0.4, 0.5) is 0 Å². The first-order chi connectivity index (χ1) is 2.00. The normalized spacial score (nSPS) is 9.67. The Labute approximate surface area is 66.3 Å². The summed E-state index contributed by atoms with van der Waals surface area (Å²) < 4.78 is 0. The monoisotopic (exact) mass is 289 g/mol. The molecule has 0 aliphatic carbocycles. The Morgan fingerprint density at radius 1 is 1.17 bits per heavy atom. The summed E-state index contributed by atoms with van der Waals surface area (Å²) in [6.07, 6.45) is 0. The Bertz CT molecular complexity index is 90.7. The van der Waals surface area contributed by atoms with E-state index in [1.54, 1.807) is 0 Å². The number of hydrogen-bond acceptors (Lipinski definition) is 4. The fourth-order valence-electron chi connectivity index (χ4n) is 0. The first-order valence-electron chi connectivity index (χ1n) is 0.667. The molecule has 0 nitrogen and oxygen atoms in total. The summed E-state index contributed by atoms with van der Waals surface area (Å²) in [6, 6.07) is 0. The van der Waals surface area contributed by atoms with Crippen molar-refractivity contribution in [1.82, 2.24) is 0 Å². The van der Waals surface area contributed by atoms with Crippen LogP contribution in [0.25, 0.3) is 0 Å². The predicted octanol–water partition coefficient (Wildman–Crippen LogP) is 1.29. The average molecular weight is 288 g/mol. The maximum atomic E-state index is 4.46. The van der Waals surface area contributed by atoms with E-state index < -0.39 is 9.86 Å². The van der Waals surface area contributed by atoms with Gasteiger partial charge >= 0.3 is 67.2 Å². The first-order valence-corrected chi connectivity index (χ1v) is 11.8. The quantitative estimate of drug-likeness (QED) is 0.486. The fourth-order valence-corrected chi connectivity index (χ4v) is 0.